The van der Waals surface area contributed by atoms with E-state index >= 15 is 0 Å². The van der Waals surface area contributed by atoms with Gasteiger partial charge in [-0.15, -0.1) is 22.7 Å². The first kappa shape index (κ1) is 20.3. The number of aromatic nitrogens is 2. The highest BCUT2D eigenvalue weighted by atomic mass is 32.1. The fourth-order valence-electron chi connectivity index (χ4n) is 2.53. The van der Waals surface area contributed by atoms with E-state index in [4.69, 9.17) is 9.84 Å². The van der Waals surface area contributed by atoms with Crippen molar-refractivity contribution in [1.29, 1.82) is 0 Å². The Balaban J connectivity index is 1.84. The molecule has 0 radical (unpaired) electrons. The molecule has 1 aromatic carbocycles. The van der Waals surface area contributed by atoms with Crippen LogP contribution in [0.3, 0.4) is 0 Å². The third-order valence-electron chi connectivity index (χ3n) is 3.88. The van der Waals surface area contributed by atoms with Crippen LogP contribution < -0.4 is 5.32 Å². The number of hydrogen-bond donors (Lipinski definition) is 3. The van der Waals surface area contributed by atoms with Crippen LogP contribution >= 0.6 is 22.7 Å². The van der Waals surface area contributed by atoms with Crippen LogP contribution in [0.5, 0.6) is 5.75 Å². The number of hydrogen-bond acceptors (Lipinski definition) is 8. The number of aryl methyl sites for hydroxylation is 1. The van der Waals surface area contributed by atoms with Crippen molar-refractivity contribution in [3.8, 4) is 26.9 Å². The highest BCUT2D eigenvalue weighted by Gasteiger charge is 2.19. The number of benzene rings is 1. The third kappa shape index (κ3) is 4.36. The molecule has 2 aromatic heterocycles. The van der Waals surface area contributed by atoms with Gasteiger partial charge in [0.25, 0.3) is 0 Å². The molecule has 148 valence electrons. The molecule has 0 aliphatic rings. The van der Waals surface area contributed by atoms with Gasteiger partial charge in [0.05, 0.1) is 22.9 Å². The Bertz CT molecular complexity index is 1000. The van der Waals surface area contributed by atoms with Crippen LogP contribution in [0, 0.1) is 12.7 Å². The first-order valence-corrected chi connectivity index (χ1v) is 9.98. The Kier molecular flexibility index (Phi) is 6.35. The normalized spacial score (nSPS) is 11.1. The van der Waals surface area contributed by atoms with Crippen molar-refractivity contribution in [2.24, 2.45) is 0 Å². The van der Waals surface area contributed by atoms with Gasteiger partial charge in [-0.2, -0.15) is 0 Å². The fourth-order valence-corrected chi connectivity index (χ4v) is 4.43. The number of carbonyl (C=O) groups is 1. The molecule has 2 heterocycles. The number of nitrogens with one attached hydrogen (secondary N) is 1. The Morgan fingerprint density at radius 3 is 2.86 bits per heavy atom. The number of carboxylic acid groups (broad SMARTS) is 1. The maximum absolute atomic E-state index is 14.3. The lowest BCUT2D eigenvalue weighted by Crippen LogP contribution is -2.18. The average Bonchev–Trinajstić information content (AvgIpc) is 3.26. The molecular weight excluding hydrogens is 405 g/mol. The molecule has 0 saturated heterocycles. The van der Waals surface area contributed by atoms with E-state index in [1.807, 2.05) is 6.92 Å². The Morgan fingerprint density at radius 2 is 2.14 bits per heavy atom. The summed E-state index contributed by atoms with van der Waals surface area (Å²) in [5.74, 6) is -2.64. The molecule has 0 amide bonds. The molecule has 3 rings (SSSR count). The molecule has 0 unspecified atom stereocenters. The number of rotatable bonds is 8. The molecule has 0 aliphatic heterocycles. The summed E-state index contributed by atoms with van der Waals surface area (Å²) in [4.78, 5) is 20.9. The number of aromatic hydroxyl groups is 1. The number of aromatic carboxylic acids is 1. The number of carboxylic acids is 1. The van der Waals surface area contributed by atoms with Gasteiger partial charge in [-0.1, -0.05) is 0 Å². The van der Waals surface area contributed by atoms with Gasteiger partial charge in [0.2, 0.25) is 0 Å². The van der Waals surface area contributed by atoms with Crippen LogP contribution in [-0.4, -0.2) is 46.4 Å². The van der Waals surface area contributed by atoms with Crippen molar-refractivity contribution < 1.29 is 24.1 Å². The van der Waals surface area contributed by atoms with Gasteiger partial charge in [0.15, 0.2) is 0 Å². The number of nitrogens with zero attached hydrogens (tertiary/aromatic N) is 2. The monoisotopic (exact) mass is 423 g/mol. The number of phenols is 1. The highest BCUT2D eigenvalue weighted by molar-refractivity contribution is 7.16. The van der Waals surface area contributed by atoms with Crippen molar-refractivity contribution in [3.63, 3.8) is 0 Å². The molecule has 10 heteroatoms. The maximum Gasteiger partial charge on any atom is 0.339 e. The van der Waals surface area contributed by atoms with E-state index in [0.717, 1.165) is 34.3 Å². The van der Waals surface area contributed by atoms with Crippen LogP contribution in [-0.2, 0) is 11.3 Å². The van der Waals surface area contributed by atoms with Crippen molar-refractivity contribution >= 4 is 28.6 Å². The Labute approximate surface area is 168 Å². The number of thiazole rings is 2. The Morgan fingerprint density at radius 1 is 1.36 bits per heavy atom. The van der Waals surface area contributed by atoms with Gasteiger partial charge >= 0.3 is 5.97 Å². The quantitative estimate of drug-likeness (QED) is 0.476. The molecule has 0 fully saturated rings. The first-order chi connectivity index (χ1) is 13.4. The second kappa shape index (κ2) is 8.74. The van der Waals surface area contributed by atoms with E-state index in [1.165, 1.54) is 22.7 Å². The summed E-state index contributed by atoms with van der Waals surface area (Å²) in [5.41, 5.74) is 1.07. The fraction of sp³-hybridized carbons (Fsp3) is 0.278. The summed E-state index contributed by atoms with van der Waals surface area (Å²) in [6.07, 6.45) is 0. The van der Waals surface area contributed by atoms with Gasteiger partial charge in [0, 0.05) is 31.1 Å². The Hall–Kier alpha value is -2.40. The molecule has 3 N–H and O–H groups in total. The minimum atomic E-state index is -1.39. The van der Waals surface area contributed by atoms with Crippen LogP contribution in [0.2, 0.25) is 0 Å². The van der Waals surface area contributed by atoms with E-state index in [-0.39, 0.29) is 5.56 Å². The zero-order valence-electron chi connectivity index (χ0n) is 15.2. The second-order valence-corrected chi connectivity index (χ2v) is 7.83. The SMILES string of the molecule is COCCNCc1nc(C)c(-c2csc(-c3cc(O)c(C(=O)O)cc3F)n2)s1. The van der Waals surface area contributed by atoms with Crippen molar-refractivity contribution in [2.45, 2.75) is 13.5 Å². The largest absolute Gasteiger partial charge is 0.507 e. The predicted octanol–water partition coefficient (Wildman–Crippen LogP) is 3.52. The lowest BCUT2D eigenvalue weighted by molar-refractivity contribution is 0.0693. The van der Waals surface area contributed by atoms with Gasteiger partial charge in [-0.05, 0) is 19.1 Å². The van der Waals surface area contributed by atoms with Gasteiger partial charge < -0.3 is 20.3 Å². The van der Waals surface area contributed by atoms with Crippen molar-refractivity contribution in [3.05, 3.63) is 39.6 Å². The number of halogens is 1. The van der Waals surface area contributed by atoms with E-state index < -0.39 is 23.1 Å². The summed E-state index contributed by atoms with van der Waals surface area (Å²) in [5, 5.41) is 25.1. The van der Waals surface area contributed by atoms with Crippen LogP contribution in [0.25, 0.3) is 21.1 Å². The third-order valence-corrected chi connectivity index (χ3v) is 5.94. The highest BCUT2D eigenvalue weighted by Crippen LogP contribution is 2.36. The minimum Gasteiger partial charge on any atom is -0.507 e. The molecule has 7 nitrogen and oxygen atoms in total. The van der Waals surface area contributed by atoms with E-state index in [9.17, 15) is 14.3 Å². The zero-order valence-corrected chi connectivity index (χ0v) is 16.8. The van der Waals surface area contributed by atoms with Crippen molar-refractivity contribution in [1.82, 2.24) is 15.3 Å². The van der Waals surface area contributed by atoms with Crippen LogP contribution in [0.4, 0.5) is 4.39 Å². The predicted molar refractivity (Wildman–Crippen MR) is 106 cm³/mol. The molecule has 0 saturated carbocycles. The molecule has 28 heavy (non-hydrogen) atoms. The molecule has 0 bridgehead atoms. The van der Waals surface area contributed by atoms with E-state index in [1.54, 1.807) is 12.5 Å². The van der Waals surface area contributed by atoms with Gasteiger partial charge in [-0.25, -0.2) is 19.2 Å². The van der Waals surface area contributed by atoms with E-state index in [0.29, 0.717) is 23.9 Å². The molecule has 0 spiro atoms. The van der Waals surface area contributed by atoms with Crippen molar-refractivity contribution in [2.75, 3.05) is 20.3 Å². The molecule has 0 aliphatic carbocycles. The van der Waals surface area contributed by atoms with Gasteiger partial charge in [-0.3, -0.25) is 0 Å². The lowest BCUT2D eigenvalue weighted by atomic mass is 10.1. The number of ether oxygens (including phenoxy) is 1. The molecular formula is C18H18FN3O4S2. The number of methoxy groups -OCH3 is 1. The smallest absolute Gasteiger partial charge is 0.339 e. The summed E-state index contributed by atoms with van der Waals surface area (Å²) < 4.78 is 19.3. The topological polar surface area (TPSA) is 105 Å². The van der Waals surface area contributed by atoms with Crippen LogP contribution in [0.1, 0.15) is 21.1 Å². The molecule has 0 atom stereocenters. The summed E-state index contributed by atoms with van der Waals surface area (Å²) in [6.45, 7) is 3.84. The average molecular weight is 423 g/mol. The standard InChI is InChI=1S/C18H18FN3O4S2/c1-9-16(28-15(21-9)7-20-3-4-26-2)13-8-27-17(22-13)10-6-14(23)11(18(24)25)5-12(10)19/h5-6,8,20,23H,3-4,7H2,1-2H3,(H,24,25). The summed E-state index contributed by atoms with van der Waals surface area (Å²) in [7, 11) is 1.64. The van der Waals surface area contributed by atoms with Gasteiger partial charge in [0.1, 0.15) is 27.1 Å². The lowest BCUT2D eigenvalue weighted by Gasteiger charge is -2.04. The second-order valence-electron chi connectivity index (χ2n) is 5.88. The zero-order chi connectivity index (χ0) is 20.3. The minimum absolute atomic E-state index is 0.0578. The molecule has 3 aromatic rings. The first-order valence-electron chi connectivity index (χ1n) is 8.28. The maximum atomic E-state index is 14.3. The van der Waals surface area contributed by atoms with E-state index in [2.05, 4.69) is 15.3 Å². The summed E-state index contributed by atoms with van der Waals surface area (Å²) >= 11 is 2.72. The van der Waals surface area contributed by atoms with Crippen LogP contribution in [0.15, 0.2) is 17.5 Å². The summed E-state index contributed by atoms with van der Waals surface area (Å²) in [6, 6.07) is 1.89.